The summed E-state index contributed by atoms with van der Waals surface area (Å²) in [5, 5.41) is 5.43. The van der Waals surface area contributed by atoms with E-state index >= 15 is 0 Å². The molecule has 1 heterocycles. The van der Waals surface area contributed by atoms with Gasteiger partial charge in [-0.3, -0.25) is 9.59 Å². The van der Waals surface area contributed by atoms with Crippen LogP contribution < -0.4 is 10.6 Å². The Balaban J connectivity index is 1.65. The van der Waals surface area contributed by atoms with E-state index in [1.54, 1.807) is 42.5 Å². The molecule has 0 bridgehead atoms. The third-order valence-electron chi connectivity index (χ3n) is 4.71. The third kappa shape index (κ3) is 5.65. The molecule has 1 fully saturated rings. The van der Waals surface area contributed by atoms with Gasteiger partial charge in [0.1, 0.15) is 0 Å². The Kier molecular flexibility index (Phi) is 6.66. The van der Waals surface area contributed by atoms with Crippen molar-refractivity contribution in [3.05, 3.63) is 54.1 Å². The summed E-state index contributed by atoms with van der Waals surface area (Å²) in [6.45, 7) is 2.50. The minimum atomic E-state index is -3.55. The van der Waals surface area contributed by atoms with Crippen LogP contribution in [0.4, 0.5) is 11.4 Å². The van der Waals surface area contributed by atoms with E-state index in [1.807, 2.05) is 0 Å². The van der Waals surface area contributed by atoms with Crippen molar-refractivity contribution in [3.63, 3.8) is 0 Å². The predicted molar refractivity (Wildman–Crippen MR) is 112 cm³/mol. The van der Waals surface area contributed by atoms with Crippen LogP contribution in [0.25, 0.3) is 0 Å². The SMILES string of the molecule is CC(=O)Nc1ccc(CC(=O)Nc2cccc(S(=O)(=O)N3CCCCC3)c2)cc1. The zero-order valence-electron chi connectivity index (χ0n) is 16.3. The van der Waals surface area contributed by atoms with E-state index in [9.17, 15) is 18.0 Å². The van der Waals surface area contributed by atoms with Gasteiger partial charge in [0.2, 0.25) is 21.8 Å². The molecule has 2 aromatic rings. The number of hydrogen-bond donors (Lipinski definition) is 2. The van der Waals surface area contributed by atoms with Crippen LogP contribution >= 0.6 is 0 Å². The number of carbonyl (C=O) groups is 2. The Morgan fingerprint density at radius 3 is 2.28 bits per heavy atom. The Morgan fingerprint density at radius 2 is 1.62 bits per heavy atom. The summed E-state index contributed by atoms with van der Waals surface area (Å²) >= 11 is 0. The van der Waals surface area contributed by atoms with E-state index in [2.05, 4.69) is 10.6 Å². The fraction of sp³-hybridized carbons (Fsp3) is 0.333. The standard InChI is InChI=1S/C21H25N3O4S/c1-16(25)22-18-10-8-17(9-11-18)14-21(26)23-19-6-5-7-20(15-19)29(27,28)24-12-3-2-4-13-24/h5-11,15H,2-4,12-14H2,1H3,(H,22,25)(H,23,26). The number of hydrogen-bond acceptors (Lipinski definition) is 4. The molecule has 0 atom stereocenters. The van der Waals surface area contributed by atoms with Crippen LogP contribution in [0.2, 0.25) is 0 Å². The molecule has 1 saturated heterocycles. The Bertz CT molecular complexity index is 981. The number of sulfonamides is 1. The first-order valence-corrected chi connectivity index (χ1v) is 11.1. The normalized spacial score (nSPS) is 14.9. The lowest BCUT2D eigenvalue weighted by molar-refractivity contribution is -0.116. The average Bonchev–Trinajstić information content (AvgIpc) is 2.70. The summed E-state index contributed by atoms with van der Waals surface area (Å²) in [6, 6.07) is 13.4. The van der Waals surface area contributed by atoms with E-state index in [1.165, 1.54) is 17.3 Å². The number of carbonyl (C=O) groups excluding carboxylic acids is 2. The van der Waals surface area contributed by atoms with E-state index in [-0.39, 0.29) is 23.1 Å². The van der Waals surface area contributed by atoms with Crippen molar-refractivity contribution in [2.24, 2.45) is 0 Å². The molecule has 1 aliphatic heterocycles. The summed E-state index contributed by atoms with van der Waals surface area (Å²) in [5.41, 5.74) is 1.90. The largest absolute Gasteiger partial charge is 0.326 e. The van der Waals surface area contributed by atoms with Crippen LogP contribution in [0.5, 0.6) is 0 Å². The van der Waals surface area contributed by atoms with E-state index in [4.69, 9.17) is 0 Å². The molecule has 29 heavy (non-hydrogen) atoms. The molecule has 0 unspecified atom stereocenters. The molecule has 2 amide bonds. The quantitative estimate of drug-likeness (QED) is 0.758. The van der Waals surface area contributed by atoms with Gasteiger partial charge >= 0.3 is 0 Å². The summed E-state index contributed by atoms with van der Waals surface area (Å²) in [6.07, 6.45) is 2.93. The van der Waals surface area contributed by atoms with E-state index < -0.39 is 10.0 Å². The zero-order valence-corrected chi connectivity index (χ0v) is 17.2. The van der Waals surface area contributed by atoms with Crippen LogP contribution in [0.15, 0.2) is 53.4 Å². The molecule has 0 radical (unpaired) electrons. The van der Waals surface area contributed by atoms with Crippen molar-refractivity contribution in [3.8, 4) is 0 Å². The molecule has 1 aliphatic rings. The van der Waals surface area contributed by atoms with E-state index in [0.717, 1.165) is 24.8 Å². The summed E-state index contributed by atoms with van der Waals surface area (Å²) in [7, 11) is -3.55. The highest BCUT2D eigenvalue weighted by Gasteiger charge is 2.26. The van der Waals surface area contributed by atoms with Crippen molar-refractivity contribution in [2.75, 3.05) is 23.7 Å². The van der Waals surface area contributed by atoms with Gasteiger partial charge in [0.05, 0.1) is 11.3 Å². The highest BCUT2D eigenvalue weighted by atomic mass is 32.2. The van der Waals surface area contributed by atoms with Gasteiger partial charge in [-0.1, -0.05) is 24.6 Å². The van der Waals surface area contributed by atoms with Gasteiger partial charge in [0, 0.05) is 31.4 Å². The minimum Gasteiger partial charge on any atom is -0.326 e. The van der Waals surface area contributed by atoms with Crippen LogP contribution in [0.1, 0.15) is 31.7 Å². The molecule has 2 aromatic carbocycles. The molecular formula is C21H25N3O4S. The molecule has 3 rings (SSSR count). The fourth-order valence-corrected chi connectivity index (χ4v) is 4.85. The van der Waals surface area contributed by atoms with Gasteiger partial charge in [-0.15, -0.1) is 0 Å². The van der Waals surface area contributed by atoms with Gasteiger partial charge < -0.3 is 10.6 Å². The first-order valence-electron chi connectivity index (χ1n) is 9.61. The highest BCUT2D eigenvalue weighted by Crippen LogP contribution is 2.23. The lowest BCUT2D eigenvalue weighted by Crippen LogP contribution is -2.35. The molecule has 2 N–H and O–H groups in total. The van der Waals surface area contributed by atoms with Gasteiger partial charge in [0.15, 0.2) is 0 Å². The maximum atomic E-state index is 12.8. The van der Waals surface area contributed by atoms with Gasteiger partial charge in [-0.05, 0) is 48.7 Å². The van der Waals surface area contributed by atoms with Crippen LogP contribution in [0.3, 0.4) is 0 Å². The second kappa shape index (κ2) is 9.19. The molecule has 0 spiro atoms. The third-order valence-corrected chi connectivity index (χ3v) is 6.60. The number of nitrogens with zero attached hydrogens (tertiary/aromatic N) is 1. The Hall–Kier alpha value is -2.71. The fourth-order valence-electron chi connectivity index (χ4n) is 3.29. The molecule has 0 aliphatic carbocycles. The maximum Gasteiger partial charge on any atom is 0.243 e. The van der Waals surface area contributed by atoms with Gasteiger partial charge in [-0.2, -0.15) is 4.31 Å². The van der Waals surface area contributed by atoms with Crippen molar-refractivity contribution in [1.82, 2.24) is 4.31 Å². The summed E-state index contributed by atoms with van der Waals surface area (Å²) < 4.78 is 27.1. The number of amides is 2. The number of benzene rings is 2. The predicted octanol–water partition coefficient (Wildman–Crippen LogP) is 3.00. The first-order chi connectivity index (χ1) is 13.8. The lowest BCUT2D eigenvalue weighted by Gasteiger charge is -2.26. The van der Waals surface area contributed by atoms with Crippen molar-refractivity contribution < 1.29 is 18.0 Å². The van der Waals surface area contributed by atoms with Crippen molar-refractivity contribution in [1.29, 1.82) is 0 Å². The molecule has 7 nitrogen and oxygen atoms in total. The van der Waals surface area contributed by atoms with Gasteiger partial charge in [0.25, 0.3) is 0 Å². The summed E-state index contributed by atoms with van der Waals surface area (Å²) in [4.78, 5) is 23.6. The molecular weight excluding hydrogens is 390 g/mol. The number of piperidine rings is 1. The second-order valence-electron chi connectivity index (χ2n) is 7.10. The smallest absolute Gasteiger partial charge is 0.243 e. The van der Waals surface area contributed by atoms with Crippen molar-refractivity contribution >= 4 is 33.2 Å². The highest BCUT2D eigenvalue weighted by molar-refractivity contribution is 7.89. The molecule has 0 aromatic heterocycles. The van der Waals surface area contributed by atoms with Crippen LogP contribution in [0, 0.1) is 0 Å². The molecule has 154 valence electrons. The minimum absolute atomic E-state index is 0.142. The monoisotopic (exact) mass is 415 g/mol. The Morgan fingerprint density at radius 1 is 0.931 bits per heavy atom. The second-order valence-corrected chi connectivity index (χ2v) is 9.03. The number of rotatable bonds is 6. The first kappa shape index (κ1) is 21.0. The molecule has 8 heteroatoms. The number of anilines is 2. The average molecular weight is 416 g/mol. The van der Waals surface area contributed by atoms with Crippen LogP contribution in [-0.2, 0) is 26.0 Å². The molecule has 0 saturated carbocycles. The topological polar surface area (TPSA) is 95.6 Å². The Labute approximate surface area is 171 Å². The summed E-state index contributed by atoms with van der Waals surface area (Å²) in [5.74, 6) is -0.403. The lowest BCUT2D eigenvalue weighted by atomic mass is 10.1. The maximum absolute atomic E-state index is 12.8. The van der Waals surface area contributed by atoms with Crippen LogP contribution in [-0.4, -0.2) is 37.6 Å². The van der Waals surface area contributed by atoms with Crippen molar-refractivity contribution in [2.45, 2.75) is 37.5 Å². The van der Waals surface area contributed by atoms with E-state index in [0.29, 0.717) is 24.5 Å². The zero-order chi connectivity index (χ0) is 20.9. The van der Waals surface area contributed by atoms with Gasteiger partial charge in [-0.25, -0.2) is 8.42 Å². The number of nitrogens with one attached hydrogen (secondary N) is 2.